The summed E-state index contributed by atoms with van der Waals surface area (Å²) < 4.78 is 11.2. The molecule has 0 aromatic heterocycles. The predicted octanol–water partition coefficient (Wildman–Crippen LogP) is 4.31. The van der Waals surface area contributed by atoms with E-state index in [0.29, 0.717) is 29.8 Å². The standard InChI is InChI=1S/C26H22N2O5/c27-15-19-10-11-23(32-17-24(29)30)22(14-19)25-21-9-5-4-8-20(21)12-13-28(25)26(31)33-16-18-6-2-1-3-7-18/h1-11,14,25H,12-13,16-17H2,(H,29,30). The number of carboxylic acid groups (broad SMARTS) is 1. The van der Waals surface area contributed by atoms with Gasteiger partial charge in [0, 0.05) is 12.1 Å². The Morgan fingerprint density at radius 1 is 1.03 bits per heavy atom. The first kappa shape index (κ1) is 21.9. The lowest BCUT2D eigenvalue weighted by molar-refractivity contribution is -0.139. The first-order valence-electron chi connectivity index (χ1n) is 10.5. The van der Waals surface area contributed by atoms with Crippen molar-refractivity contribution in [1.82, 2.24) is 4.90 Å². The summed E-state index contributed by atoms with van der Waals surface area (Å²) in [5.74, 6) is -0.813. The molecule has 7 heteroatoms. The van der Waals surface area contributed by atoms with Crippen LogP contribution in [0.1, 0.15) is 33.9 Å². The van der Waals surface area contributed by atoms with Crippen molar-refractivity contribution in [2.45, 2.75) is 19.1 Å². The van der Waals surface area contributed by atoms with E-state index >= 15 is 0 Å². The third-order valence-electron chi connectivity index (χ3n) is 5.51. The second kappa shape index (κ2) is 9.88. The van der Waals surface area contributed by atoms with Gasteiger partial charge in [0.15, 0.2) is 6.61 Å². The lowest BCUT2D eigenvalue weighted by atomic mass is 9.87. The lowest BCUT2D eigenvalue weighted by Gasteiger charge is -2.37. The van der Waals surface area contributed by atoms with E-state index in [1.165, 1.54) is 0 Å². The number of benzene rings is 3. The summed E-state index contributed by atoms with van der Waals surface area (Å²) >= 11 is 0. The molecule has 1 N–H and O–H groups in total. The average Bonchev–Trinajstić information content (AvgIpc) is 2.85. The van der Waals surface area contributed by atoms with E-state index in [2.05, 4.69) is 6.07 Å². The van der Waals surface area contributed by atoms with Gasteiger partial charge in [0.05, 0.1) is 17.7 Å². The number of carboxylic acids is 1. The molecule has 0 aliphatic carbocycles. The van der Waals surface area contributed by atoms with Crippen LogP contribution in [0.3, 0.4) is 0 Å². The van der Waals surface area contributed by atoms with Crippen molar-refractivity contribution in [2.24, 2.45) is 0 Å². The van der Waals surface area contributed by atoms with Gasteiger partial charge in [-0.25, -0.2) is 9.59 Å². The SMILES string of the molecule is N#Cc1ccc(OCC(=O)O)c(C2c3ccccc3CCN2C(=O)OCc2ccccc2)c1. The zero-order chi connectivity index (χ0) is 23.2. The molecule has 0 saturated carbocycles. The van der Waals surface area contributed by atoms with E-state index in [1.54, 1.807) is 23.1 Å². The van der Waals surface area contributed by atoms with Crippen molar-refractivity contribution >= 4 is 12.1 Å². The highest BCUT2D eigenvalue weighted by molar-refractivity contribution is 5.71. The molecule has 33 heavy (non-hydrogen) atoms. The Morgan fingerprint density at radius 2 is 1.79 bits per heavy atom. The van der Waals surface area contributed by atoms with Gasteiger partial charge >= 0.3 is 12.1 Å². The second-order valence-electron chi connectivity index (χ2n) is 7.63. The highest BCUT2D eigenvalue weighted by atomic mass is 16.6. The van der Waals surface area contributed by atoms with E-state index in [4.69, 9.17) is 14.6 Å². The second-order valence-corrected chi connectivity index (χ2v) is 7.63. The molecule has 7 nitrogen and oxygen atoms in total. The van der Waals surface area contributed by atoms with E-state index in [9.17, 15) is 14.9 Å². The molecule has 0 saturated heterocycles. The van der Waals surface area contributed by atoms with Gasteiger partial charge in [0.2, 0.25) is 0 Å². The zero-order valence-corrected chi connectivity index (χ0v) is 17.8. The van der Waals surface area contributed by atoms with Gasteiger partial charge < -0.3 is 14.6 Å². The number of carbonyl (C=O) groups is 2. The Bertz CT molecular complexity index is 1200. The molecule has 1 amide bonds. The third-order valence-corrected chi connectivity index (χ3v) is 5.51. The smallest absolute Gasteiger partial charge is 0.410 e. The maximum Gasteiger partial charge on any atom is 0.410 e. The molecule has 1 aliphatic rings. The number of hydrogen-bond donors (Lipinski definition) is 1. The van der Waals surface area contributed by atoms with Crippen LogP contribution in [0.4, 0.5) is 4.79 Å². The van der Waals surface area contributed by atoms with Crippen LogP contribution in [-0.4, -0.2) is 35.2 Å². The third kappa shape index (κ3) is 4.96. The van der Waals surface area contributed by atoms with Crippen molar-refractivity contribution < 1.29 is 24.2 Å². The summed E-state index contributed by atoms with van der Waals surface area (Å²) in [6.45, 7) is 0.00131. The van der Waals surface area contributed by atoms with Crippen LogP contribution in [0.15, 0.2) is 72.8 Å². The number of carbonyl (C=O) groups excluding carboxylic acids is 1. The molecular formula is C26H22N2O5. The zero-order valence-electron chi connectivity index (χ0n) is 17.8. The molecule has 0 bridgehead atoms. The van der Waals surface area contributed by atoms with Crippen LogP contribution < -0.4 is 4.74 Å². The molecule has 0 spiro atoms. The molecular weight excluding hydrogens is 420 g/mol. The fourth-order valence-electron chi connectivity index (χ4n) is 4.00. The Labute approximate surface area is 191 Å². The summed E-state index contributed by atoms with van der Waals surface area (Å²) in [7, 11) is 0. The maximum atomic E-state index is 13.2. The van der Waals surface area contributed by atoms with E-state index in [-0.39, 0.29) is 6.61 Å². The van der Waals surface area contributed by atoms with Crippen molar-refractivity contribution in [1.29, 1.82) is 5.26 Å². The van der Waals surface area contributed by atoms with E-state index in [0.717, 1.165) is 16.7 Å². The normalized spacial score (nSPS) is 14.6. The fourth-order valence-corrected chi connectivity index (χ4v) is 4.00. The molecule has 0 radical (unpaired) electrons. The van der Waals surface area contributed by atoms with Crippen LogP contribution in [-0.2, 0) is 22.6 Å². The largest absolute Gasteiger partial charge is 0.482 e. The minimum absolute atomic E-state index is 0.130. The van der Waals surface area contributed by atoms with Crippen LogP contribution >= 0.6 is 0 Å². The van der Waals surface area contributed by atoms with Crippen molar-refractivity contribution in [3.8, 4) is 11.8 Å². The van der Waals surface area contributed by atoms with Gasteiger partial charge in [-0.05, 0) is 41.3 Å². The first-order chi connectivity index (χ1) is 16.1. The Hall–Kier alpha value is -4.31. The highest BCUT2D eigenvalue weighted by Gasteiger charge is 2.35. The summed E-state index contributed by atoms with van der Waals surface area (Å²) in [6.07, 6.45) is 0.154. The summed E-state index contributed by atoms with van der Waals surface area (Å²) in [5.41, 5.74) is 3.75. The Balaban J connectivity index is 1.72. The molecule has 1 aliphatic heterocycles. The number of amides is 1. The molecule has 1 unspecified atom stereocenters. The van der Waals surface area contributed by atoms with Crippen LogP contribution in [0, 0.1) is 11.3 Å². The summed E-state index contributed by atoms with van der Waals surface area (Å²) in [4.78, 5) is 25.9. The monoisotopic (exact) mass is 442 g/mol. The first-order valence-corrected chi connectivity index (χ1v) is 10.5. The average molecular weight is 442 g/mol. The number of ether oxygens (including phenoxy) is 2. The lowest BCUT2D eigenvalue weighted by Crippen LogP contribution is -2.41. The highest BCUT2D eigenvalue weighted by Crippen LogP contribution is 2.40. The molecule has 1 heterocycles. The quantitative estimate of drug-likeness (QED) is 0.611. The molecule has 166 valence electrons. The van der Waals surface area contributed by atoms with Crippen LogP contribution in [0.5, 0.6) is 5.75 Å². The minimum atomic E-state index is -1.12. The van der Waals surface area contributed by atoms with Gasteiger partial charge in [-0.3, -0.25) is 4.90 Å². The summed E-state index contributed by atoms with van der Waals surface area (Å²) in [6, 6.07) is 23.5. The fraction of sp³-hybridized carbons (Fsp3) is 0.192. The molecule has 3 aromatic rings. The van der Waals surface area contributed by atoms with Gasteiger partial charge in [0.25, 0.3) is 0 Å². The maximum absolute atomic E-state index is 13.2. The van der Waals surface area contributed by atoms with Crippen molar-refractivity contribution in [2.75, 3.05) is 13.2 Å². The van der Waals surface area contributed by atoms with Gasteiger partial charge in [0.1, 0.15) is 12.4 Å². The molecule has 0 fully saturated rings. The molecule has 4 rings (SSSR count). The number of nitrogens with zero attached hydrogens (tertiary/aromatic N) is 2. The molecule has 1 atom stereocenters. The number of rotatable bonds is 6. The number of aliphatic carboxylic acids is 1. The topological polar surface area (TPSA) is 99.9 Å². The predicted molar refractivity (Wildman–Crippen MR) is 120 cm³/mol. The van der Waals surface area contributed by atoms with Crippen molar-refractivity contribution in [3.63, 3.8) is 0 Å². The number of nitriles is 1. The van der Waals surface area contributed by atoms with E-state index < -0.39 is 24.7 Å². The van der Waals surface area contributed by atoms with Crippen molar-refractivity contribution in [3.05, 3.63) is 101 Å². The van der Waals surface area contributed by atoms with Gasteiger partial charge in [-0.1, -0.05) is 54.6 Å². The van der Waals surface area contributed by atoms with Crippen LogP contribution in [0.2, 0.25) is 0 Å². The van der Waals surface area contributed by atoms with Gasteiger partial charge in [-0.2, -0.15) is 5.26 Å². The van der Waals surface area contributed by atoms with Crippen LogP contribution in [0.25, 0.3) is 0 Å². The van der Waals surface area contributed by atoms with Gasteiger partial charge in [-0.15, -0.1) is 0 Å². The van der Waals surface area contributed by atoms with E-state index in [1.807, 2.05) is 54.6 Å². The molecule has 3 aromatic carbocycles. The summed E-state index contributed by atoms with van der Waals surface area (Å²) in [5, 5.41) is 18.6. The Kier molecular flexibility index (Phi) is 6.56. The minimum Gasteiger partial charge on any atom is -0.482 e. The number of hydrogen-bond acceptors (Lipinski definition) is 5. The Morgan fingerprint density at radius 3 is 2.55 bits per heavy atom. The number of fused-ring (bicyclic) bond motifs is 1.